The summed E-state index contributed by atoms with van der Waals surface area (Å²) in [4.78, 5) is 14.4. The van der Waals surface area contributed by atoms with Crippen molar-refractivity contribution in [2.24, 2.45) is 0 Å². The number of likely N-dealkylation sites (N-methyl/N-ethyl adjacent to an activating group) is 1. The van der Waals surface area contributed by atoms with Gasteiger partial charge in [0.1, 0.15) is 4.32 Å². The van der Waals surface area contributed by atoms with E-state index >= 15 is 0 Å². The summed E-state index contributed by atoms with van der Waals surface area (Å²) in [6.45, 7) is 2.72. The lowest BCUT2D eigenvalue weighted by Gasteiger charge is -2.09. The molecule has 4 nitrogen and oxygen atoms in total. The number of ether oxygens (including phenoxy) is 2. The molecule has 7 heteroatoms. The highest BCUT2D eigenvalue weighted by atomic mass is 79.9. The maximum absolute atomic E-state index is 12.2. The van der Waals surface area contributed by atoms with Crippen LogP contribution in [0.5, 0.6) is 11.5 Å². The average molecular weight is 372 g/mol. The summed E-state index contributed by atoms with van der Waals surface area (Å²) in [5, 5.41) is 0. The van der Waals surface area contributed by atoms with E-state index in [1.165, 1.54) is 11.8 Å². The number of thioether (sulfide) groups is 1. The molecule has 0 bridgehead atoms. The Hall–Kier alpha value is -1.05. The summed E-state index contributed by atoms with van der Waals surface area (Å²) >= 11 is 9.95. The zero-order valence-corrected chi connectivity index (χ0v) is 13.7. The number of carbonyl (C=O) groups excluding carboxylic acids is 1. The second-order valence-corrected chi connectivity index (χ2v) is 6.69. The Bertz CT molecular complexity index is 645. The van der Waals surface area contributed by atoms with Crippen molar-refractivity contribution in [2.75, 3.05) is 13.3 Å². The van der Waals surface area contributed by atoms with Crippen molar-refractivity contribution in [2.45, 2.75) is 6.92 Å². The Labute approximate surface area is 134 Å². The van der Waals surface area contributed by atoms with Gasteiger partial charge in [0.15, 0.2) is 11.5 Å². The summed E-state index contributed by atoms with van der Waals surface area (Å²) in [7, 11) is 0. The molecule has 3 rings (SSSR count). The van der Waals surface area contributed by atoms with Crippen LogP contribution in [0.1, 0.15) is 12.5 Å². The number of fused-ring (bicyclic) bond motifs is 1. The zero-order valence-electron chi connectivity index (χ0n) is 10.5. The lowest BCUT2D eigenvalue weighted by molar-refractivity contribution is -0.121. The van der Waals surface area contributed by atoms with Crippen molar-refractivity contribution in [3.63, 3.8) is 0 Å². The van der Waals surface area contributed by atoms with Gasteiger partial charge in [0, 0.05) is 6.54 Å². The first-order valence-corrected chi connectivity index (χ1v) is 7.96. The van der Waals surface area contributed by atoms with Crippen molar-refractivity contribution in [1.82, 2.24) is 4.90 Å². The van der Waals surface area contributed by atoms with Crippen LogP contribution in [-0.2, 0) is 4.79 Å². The lowest BCUT2D eigenvalue weighted by Crippen LogP contribution is -2.27. The predicted octanol–water partition coefficient (Wildman–Crippen LogP) is 3.40. The molecular formula is C13H10BrNO3S2. The maximum Gasteiger partial charge on any atom is 0.266 e. The monoisotopic (exact) mass is 371 g/mol. The van der Waals surface area contributed by atoms with Crippen molar-refractivity contribution < 1.29 is 14.3 Å². The standard InChI is InChI=1S/C13H10BrNO3S2/c1-2-15-12(16)10(20-13(15)19)5-7-3-8(14)11-9(4-7)17-6-18-11/h3-5H,2,6H2,1H3/b10-5+. The molecule has 104 valence electrons. The van der Waals surface area contributed by atoms with Gasteiger partial charge in [-0.25, -0.2) is 0 Å². The van der Waals surface area contributed by atoms with Gasteiger partial charge in [-0.3, -0.25) is 9.69 Å². The Morgan fingerprint density at radius 3 is 3.00 bits per heavy atom. The third-order valence-electron chi connectivity index (χ3n) is 2.94. The maximum atomic E-state index is 12.2. The van der Waals surface area contributed by atoms with Gasteiger partial charge in [0.2, 0.25) is 6.79 Å². The fraction of sp³-hybridized carbons (Fsp3) is 0.231. The van der Waals surface area contributed by atoms with Gasteiger partial charge >= 0.3 is 0 Å². The fourth-order valence-corrected chi connectivity index (χ4v) is 3.95. The number of rotatable bonds is 2. The molecule has 0 N–H and O–H groups in total. The number of hydrogen-bond acceptors (Lipinski definition) is 5. The third-order valence-corrected chi connectivity index (χ3v) is 4.90. The SMILES string of the molecule is CCN1C(=O)/C(=C\c2cc(Br)c3c(c2)OCO3)SC1=S. The lowest BCUT2D eigenvalue weighted by atomic mass is 10.2. The van der Waals surface area contributed by atoms with Crippen LogP contribution >= 0.6 is 39.9 Å². The highest BCUT2D eigenvalue weighted by molar-refractivity contribution is 9.10. The van der Waals surface area contributed by atoms with Gasteiger partial charge in [-0.1, -0.05) is 24.0 Å². The molecule has 1 amide bonds. The van der Waals surface area contributed by atoms with Crippen LogP contribution in [0.15, 0.2) is 21.5 Å². The van der Waals surface area contributed by atoms with Crippen LogP contribution in [-0.4, -0.2) is 28.5 Å². The largest absolute Gasteiger partial charge is 0.454 e. The van der Waals surface area contributed by atoms with Crippen molar-refractivity contribution >= 4 is 56.2 Å². The fourth-order valence-electron chi connectivity index (χ4n) is 1.99. The van der Waals surface area contributed by atoms with Gasteiger partial charge in [-0.15, -0.1) is 0 Å². The van der Waals surface area contributed by atoms with Crippen molar-refractivity contribution in [3.05, 3.63) is 27.1 Å². The van der Waals surface area contributed by atoms with E-state index in [0.717, 1.165) is 10.0 Å². The highest BCUT2D eigenvalue weighted by Crippen LogP contribution is 2.41. The molecule has 0 aromatic heterocycles. The molecule has 0 spiro atoms. The quantitative estimate of drug-likeness (QED) is 0.588. The molecule has 1 aromatic carbocycles. The van der Waals surface area contributed by atoms with Crippen LogP contribution in [0, 0.1) is 0 Å². The first-order chi connectivity index (χ1) is 9.60. The van der Waals surface area contributed by atoms with E-state index in [4.69, 9.17) is 21.7 Å². The number of thiocarbonyl (C=S) groups is 1. The first-order valence-electron chi connectivity index (χ1n) is 5.94. The van der Waals surface area contributed by atoms with Crippen LogP contribution < -0.4 is 9.47 Å². The van der Waals surface area contributed by atoms with E-state index in [-0.39, 0.29) is 12.7 Å². The molecule has 2 aliphatic heterocycles. The van der Waals surface area contributed by atoms with E-state index in [1.54, 1.807) is 4.90 Å². The number of hydrogen-bond donors (Lipinski definition) is 0. The van der Waals surface area contributed by atoms with Gasteiger partial charge < -0.3 is 9.47 Å². The Morgan fingerprint density at radius 1 is 1.50 bits per heavy atom. The smallest absolute Gasteiger partial charge is 0.266 e. The van der Waals surface area contributed by atoms with Crippen molar-refractivity contribution in [3.8, 4) is 11.5 Å². The molecule has 2 heterocycles. The Balaban J connectivity index is 1.96. The molecule has 1 saturated heterocycles. The topological polar surface area (TPSA) is 38.8 Å². The van der Waals surface area contributed by atoms with Crippen LogP contribution in [0.25, 0.3) is 6.08 Å². The van der Waals surface area contributed by atoms with Gasteiger partial charge in [-0.2, -0.15) is 0 Å². The Kier molecular flexibility index (Phi) is 3.74. The van der Waals surface area contributed by atoms with Gasteiger partial charge in [0.05, 0.1) is 9.38 Å². The summed E-state index contributed by atoms with van der Waals surface area (Å²) in [6, 6.07) is 3.75. The van der Waals surface area contributed by atoms with E-state index in [9.17, 15) is 4.79 Å². The van der Waals surface area contributed by atoms with E-state index in [2.05, 4.69) is 15.9 Å². The summed E-state index contributed by atoms with van der Waals surface area (Å²) in [5.74, 6) is 1.33. The van der Waals surface area contributed by atoms with E-state index < -0.39 is 0 Å². The first kappa shape index (κ1) is 13.9. The highest BCUT2D eigenvalue weighted by Gasteiger charge is 2.30. The number of nitrogens with zero attached hydrogens (tertiary/aromatic N) is 1. The number of amides is 1. The number of benzene rings is 1. The number of carbonyl (C=O) groups is 1. The van der Waals surface area contributed by atoms with Crippen LogP contribution in [0.2, 0.25) is 0 Å². The third kappa shape index (κ3) is 2.34. The molecule has 0 aliphatic carbocycles. The molecule has 0 radical (unpaired) electrons. The predicted molar refractivity (Wildman–Crippen MR) is 85.8 cm³/mol. The molecule has 1 aromatic rings. The molecule has 0 saturated carbocycles. The number of halogens is 1. The summed E-state index contributed by atoms with van der Waals surface area (Å²) in [6.07, 6.45) is 1.82. The molecule has 0 atom stereocenters. The second kappa shape index (κ2) is 5.38. The van der Waals surface area contributed by atoms with Gasteiger partial charge in [0.25, 0.3) is 5.91 Å². The van der Waals surface area contributed by atoms with E-state index in [1.807, 2.05) is 25.1 Å². The summed E-state index contributed by atoms with van der Waals surface area (Å²) < 4.78 is 12.1. The van der Waals surface area contributed by atoms with Crippen LogP contribution in [0.3, 0.4) is 0 Å². The van der Waals surface area contributed by atoms with Gasteiger partial charge in [-0.05, 0) is 46.6 Å². The summed E-state index contributed by atoms with van der Waals surface area (Å²) in [5.41, 5.74) is 0.873. The zero-order chi connectivity index (χ0) is 14.3. The normalized spacial score (nSPS) is 19.3. The van der Waals surface area contributed by atoms with Crippen LogP contribution in [0.4, 0.5) is 0 Å². The molecular weight excluding hydrogens is 362 g/mol. The van der Waals surface area contributed by atoms with Crippen molar-refractivity contribution in [1.29, 1.82) is 0 Å². The molecule has 0 unspecified atom stereocenters. The molecule has 2 aliphatic rings. The Morgan fingerprint density at radius 2 is 2.30 bits per heavy atom. The minimum absolute atomic E-state index is 0.0451. The molecule has 20 heavy (non-hydrogen) atoms. The van der Waals surface area contributed by atoms with E-state index in [0.29, 0.717) is 27.3 Å². The minimum Gasteiger partial charge on any atom is -0.454 e. The molecule has 1 fully saturated rings. The minimum atomic E-state index is -0.0451. The average Bonchev–Trinajstić information content (AvgIpc) is 2.96. The second-order valence-electron chi connectivity index (χ2n) is 4.16.